The number of urea groups is 1. The van der Waals surface area contributed by atoms with Crippen molar-refractivity contribution in [3.8, 4) is 0 Å². The molecule has 0 atom stereocenters. The van der Waals surface area contributed by atoms with Gasteiger partial charge in [0.25, 0.3) is 0 Å². The van der Waals surface area contributed by atoms with Crippen molar-refractivity contribution in [3.05, 3.63) is 59.9 Å². The molecule has 0 aliphatic carbocycles. The van der Waals surface area contributed by atoms with E-state index in [1.165, 1.54) is 6.07 Å². The average Bonchev–Trinajstić information content (AvgIpc) is 2.61. The first-order chi connectivity index (χ1) is 12.0. The SMILES string of the molecule is Cc1cc(F)cc(N(C)C2CCN(C(=O)Nc3ccccc3)CC2)c1. The van der Waals surface area contributed by atoms with E-state index in [0.717, 1.165) is 29.8 Å². The standard InChI is InChI=1S/C20H24FN3O/c1-15-12-16(21)14-19(13-15)23(2)18-8-10-24(11-9-18)20(25)22-17-6-4-3-5-7-17/h3-7,12-14,18H,8-11H2,1-2H3,(H,22,25). The first-order valence-electron chi connectivity index (χ1n) is 8.64. The number of para-hydroxylation sites is 1. The van der Waals surface area contributed by atoms with Crippen molar-refractivity contribution in [3.63, 3.8) is 0 Å². The van der Waals surface area contributed by atoms with Gasteiger partial charge in [-0.3, -0.25) is 0 Å². The third kappa shape index (κ3) is 4.29. The number of hydrogen-bond acceptors (Lipinski definition) is 2. The Morgan fingerprint density at radius 2 is 1.84 bits per heavy atom. The number of carbonyl (C=O) groups is 1. The largest absolute Gasteiger partial charge is 0.371 e. The predicted molar refractivity (Wildman–Crippen MR) is 99.6 cm³/mol. The molecule has 132 valence electrons. The highest BCUT2D eigenvalue weighted by Crippen LogP contribution is 2.24. The summed E-state index contributed by atoms with van der Waals surface area (Å²) < 4.78 is 13.6. The number of likely N-dealkylation sites (tertiary alicyclic amines) is 1. The molecule has 1 fully saturated rings. The number of hydrogen-bond donors (Lipinski definition) is 1. The van der Waals surface area contributed by atoms with Gasteiger partial charge in [-0.25, -0.2) is 9.18 Å². The lowest BCUT2D eigenvalue weighted by atomic mass is 10.0. The van der Waals surface area contributed by atoms with Crippen molar-refractivity contribution in [1.29, 1.82) is 0 Å². The third-order valence-electron chi connectivity index (χ3n) is 4.76. The van der Waals surface area contributed by atoms with Crippen LogP contribution in [-0.2, 0) is 0 Å². The molecule has 5 heteroatoms. The molecule has 1 aliphatic rings. The second kappa shape index (κ2) is 7.55. The predicted octanol–water partition coefficient (Wildman–Crippen LogP) is 4.27. The molecule has 0 saturated carbocycles. The number of halogens is 1. The monoisotopic (exact) mass is 341 g/mol. The van der Waals surface area contributed by atoms with Crippen LogP contribution in [0.3, 0.4) is 0 Å². The van der Waals surface area contributed by atoms with Gasteiger partial charge in [0.2, 0.25) is 0 Å². The molecule has 0 bridgehead atoms. The molecule has 0 aromatic heterocycles. The van der Waals surface area contributed by atoms with E-state index in [0.29, 0.717) is 19.1 Å². The van der Waals surface area contributed by atoms with Crippen molar-refractivity contribution in [2.24, 2.45) is 0 Å². The molecule has 0 unspecified atom stereocenters. The minimum absolute atomic E-state index is 0.0612. The van der Waals surface area contributed by atoms with Crippen LogP contribution in [0.4, 0.5) is 20.6 Å². The highest BCUT2D eigenvalue weighted by molar-refractivity contribution is 5.89. The minimum atomic E-state index is -0.207. The van der Waals surface area contributed by atoms with E-state index in [4.69, 9.17) is 0 Å². The molecule has 0 radical (unpaired) electrons. The van der Waals surface area contributed by atoms with Gasteiger partial charge in [-0.2, -0.15) is 0 Å². The zero-order valence-electron chi connectivity index (χ0n) is 14.7. The topological polar surface area (TPSA) is 35.6 Å². The molecule has 3 rings (SSSR count). The van der Waals surface area contributed by atoms with Crippen LogP contribution in [0.15, 0.2) is 48.5 Å². The normalized spacial score (nSPS) is 15.1. The maximum atomic E-state index is 13.6. The fourth-order valence-electron chi connectivity index (χ4n) is 3.31. The van der Waals surface area contributed by atoms with E-state index in [2.05, 4.69) is 10.2 Å². The molecule has 25 heavy (non-hydrogen) atoms. The van der Waals surface area contributed by atoms with Gasteiger partial charge in [0.1, 0.15) is 5.82 Å². The number of nitrogens with one attached hydrogen (secondary N) is 1. The van der Waals surface area contributed by atoms with E-state index >= 15 is 0 Å². The molecule has 2 aromatic carbocycles. The molecular formula is C20H24FN3O. The highest BCUT2D eigenvalue weighted by Gasteiger charge is 2.25. The number of carbonyl (C=O) groups excluding carboxylic acids is 1. The molecule has 1 aliphatic heterocycles. The Morgan fingerprint density at radius 3 is 2.48 bits per heavy atom. The lowest BCUT2D eigenvalue weighted by Gasteiger charge is -2.38. The van der Waals surface area contributed by atoms with Crippen molar-refractivity contribution in [1.82, 2.24) is 4.90 Å². The van der Waals surface area contributed by atoms with Gasteiger partial charge in [-0.05, 0) is 55.7 Å². The fourth-order valence-corrected chi connectivity index (χ4v) is 3.31. The van der Waals surface area contributed by atoms with Crippen molar-refractivity contribution >= 4 is 17.4 Å². The summed E-state index contributed by atoms with van der Waals surface area (Å²) >= 11 is 0. The van der Waals surface area contributed by atoms with Crippen molar-refractivity contribution < 1.29 is 9.18 Å². The van der Waals surface area contributed by atoms with Gasteiger partial charge >= 0.3 is 6.03 Å². The molecule has 1 saturated heterocycles. The van der Waals surface area contributed by atoms with E-state index in [9.17, 15) is 9.18 Å². The summed E-state index contributed by atoms with van der Waals surface area (Å²) in [6.07, 6.45) is 1.74. The Balaban J connectivity index is 1.57. The maximum absolute atomic E-state index is 13.6. The molecule has 2 amide bonds. The number of amides is 2. The summed E-state index contributed by atoms with van der Waals surface area (Å²) in [7, 11) is 2.00. The van der Waals surface area contributed by atoms with Gasteiger partial charge in [-0.1, -0.05) is 18.2 Å². The van der Waals surface area contributed by atoms with E-state index in [1.807, 2.05) is 55.3 Å². The number of anilines is 2. The van der Waals surface area contributed by atoms with Gasteiger partial charge in [-0.15, -0.1) is 0 Å². The van der Waals surface area contributed by atoms with Gasteiger partial charge < -0.3 is 15.1 Å². The maximum Gasteiger partial charge on any atom is 0.321 e. The molecule has 1 N–H and O–H groups in total. The van der Waals surface area contributed by atoms with Crippen LogP contribution >= 0.6 is 0 Å². The number of aryl methyl sites for hydroxylation is 1. The number of rotatable bonds is 3. The Labute approximate surface area is 148 Å². The van der Waals surface area contributed by atoms with Crippen LogP contribution in [0.25, 0.3) is 0 Å². The average molecular weight is 341 g/mol. The van der Waals surface area contributed by atoms with Crippen LogP contribution in [0.2, 0.25) is 0 Å². The van der Waals surface area contributed by atoms with Crippen LogP contribution in [0.5, 0.6) is 0 Å². The van der Waals surface area contributed by atoms with Crippen LogP contribution in [0.1, 0.15) is 18.4 Å². The van der Waals surface area contributed by atoms with Gasteiger partial charge in [0, 0.05) is 37.6 Å². The number of benzene rings is 2. The number of nitrogens with zero attached hydrogens (tertiary/aromatic N) is 2. The first-order valence-corrected chi connectivity index (χ1v) is 8.64. The summed E-state index contributed by atoms with van der Waals surface area (Å²) in [5.74, 6) is -0.207. The first kappa shape index (κ1) is 17.3. The lowest BCUT2D eigenvalue weighted by Crippen LogP contribution is -2.47. The lowest BCUT2D eigenvalue weighted by molar-refractivity contribution is 0.194. The Morgan fingerprint density at radius 1 is 1.16 bits per heavy atom. The number of piperidine rings is 1. The molecule has 0 spiro atoms. The van der Waals surface area contributed by atoms with Crippen molar-refractivity contribution in [2.75, 3.05) is 30.4 Å². The summed E-state index contributed by atoms with van der Waals surface area (Å²) in [6.45, 7) is 3.29. The van der Waals surface area contributed by atoms with Gasteiger partial charge in [0.15, 0.2) is 0 Å². The Kier molecular flexibility index (Phi) is 5.22. The highest BCUT2D eigenvalue weighted by atomic mass is 19.1. The van der Waals surface area contributed by atoms with E-state index < -0.39 is 0 Å². The summed E-state index contributed by atoms with van der Waals surface area (Å²) in [5.41, 5.74) is 2.62. The second-order valence-corrected chi connectivity index (χ2v) is 6.61. The van der Waals surface area contributed by atoms with Gasteiger partial charge in [0.05, 0.1) is 0 Å². The fraction of sp³-hybridized carbons (Fsp3) is 0.350. The van der Waals surface area contributed by atoms with Crippen molar-refractivity contribution in [2.45, 2.75) is 25.8 Å². The third-order valence-corrected chi connectivity index (χ3v) is 4.76. The van der Waals surface area contributed by atoms with E-state index in [1.54, 1.807) is 6.07 Å². The molecular weight excluding hydrogens is 317 g/mol. The minimum Gasteiger partial charge on any atom is -0.371 e. The molecule has 4 nitrogen and oxygen atoms in total. The summed E-state index contributed by atoms with van der Waals surface area (Å²) in [6, 6.07) is 14.8. The zero-order valence-corrected chi connectivity index (χ0v) is 14.7. The van der Waals surface area contributed by atoms with E-state index in [-0.39, 0.29) is 11.8 Å². The second-order valence-electron chi connectivity index (χ2n) is 6.61. The smallest absolute Gasteiger partial charge is 0.321 e. The Hall–Kier alpha value is -2.56. The molecule has 2 aromatic rings. The summed E-state index contributed by atoms with van der Waals surface area (Å²) in [5, 5.41) is 2.93. The molecule has 1 heterocycles. The Bertz CT molecular complexity index is 707. The quantitative estimate of drug-likeness (QED) is 0.905. The summed E-state index contributed by atoms with van der Waals surface area (Å²) in [4.78, 5) is 16.3. The van der Waals surface area contributed by atoms with Crippen LogP contribution < -0.4 is 10.2 Å². The van der Waals surface area contributed by atoms with Crippen LogP contribution in [0, 0.1) is 12.7 Å². The zero-order chi connectivity index (χ0) is 17.8. The van der Waals surface area contributed by atoms with Crippen LogP contribution in [-0.4, -0.2) is 37.1 Å².